The molecule has 14 heteroatoms. The van der Waals surface area contributed by atoms with Gasteiger partial charge in [-0.3, -0.25) is 9.59 Å². The highest BCUT2D eigenvalue weighted by Crippen LogP contribution is 2.36. The van der Waals surface area contributed by atoms with Crippen LogP contribution in [0.15, 0.2) is 53.6 Å². The first-order chi connectivity index (χ1) is 20.2. The zero-order chi connectivity index (χ0) is 29.9. The van der Waals surface area contributed by atoms with Crippen molar-refractivity contribution in [1.29, 1.82) is 5.26 Å². The maximum atomic E-state index is 13.6. The van der Waals surface area contributed by atoms with E-state index in [1.807, 2.05) is 16.1 Å². The van der Waals surface area contributed by atoms with Gasteiger partial charge in [-0.15, -0.1) is 0 Å². The van der Waals surface area contributed by atoms with Crippen LogP contribution in [0.25, 0.3) is 0 Å². The Bertz CT molecular complexity index is 1520. The van der Waals surface area contributed by atoms with Gasteiger partial charge in [0.25, 0.3) is 11.5 Å². The molecule has 0 saturated carbocycles. The number of hydrogen-bond donors (Lipinski definition) is 2. The predicted octanol–water partition coefficient (Wildman–Crippen LogP) is 2.43. The number of aliphatic hydroxyl groups excluding tert-OH is 1. The third-order valence-electron chi connectivity index (χ3n) is 7.48. The van der Waals surface area contributed by atoms with Crippen molar-refractivity contribution in [2.45, 2.75) is 31.1 Å². The number of nitrogens with one attached hydrogen (secondary N) is 1. The van der Waals surface area contributed by atoms with Gasteiger partial charge in [0.05, 0.1) is 36.1 Å². The summed E-state index contributed by atoms with van der Waals surface area (Å²) in [6, 6.07) is 11.0. The Morgan fingerprint density at radius 3 is 2.71 bits per heavy atom. The molecular formula is C28H28F3N7O4. The summed E-state index contributed by atoms with van der Waals surface area (Å²) < 4.78 is 46.8. The summed E-state index contributed by atoms with van der Waals surface area (Å²) in [6.45, 7) is 1.26. The summed E-state index contributed by atoms with van der Waals surface area (Å²) in [5, 5.41) is 24.5. The predicted molar refractivity (Wildman–Crippen MR) is 145 cm³/mol. The highest BCUT2D eigenvalue weighted by molar-refractivity contribution is 5.95. The molecule has 2 aliphatic rings. The van der Waals surface area contributed by atoms with Crippen LogP contribution in [0.5, 0.6) is 5.75 Å². The van der Waals surface area contributed by atoms with Crippen molar-refractivity contribution >= 4 is 17.4 Å². The van der Waals surface area contributed by atoms with E-state index < -0.39 is 29.4 Å². The monoisotopic (exact) mass is 583 g/mol. The number of H-pyrrole nitrogens is 1. The number of aliphatic hydroxyl groups is 1. The second kappa shape index (κ2) is 12.1. The molecule has 220 valence electrons. The lowest BCUT2D eigenvalue weighted by Gasteiger charge is -2.41. The van der Waals surface area contributed by atoms with Gasteiger partial charge in [0, 0.05) is 37.9 Å². The van der Waals surface area contributed by atoms with Crippen LogP contribution in [0, 0.1) is 11.3 Å². The summed E-state index contributed by atoms with van der Waals surface area (Å²) in [6.07, 6.45) is -1.19. The Hall–Kier alpha value is -4.64. The Morgan fingerprint density at radius 2 is 2.00 bits per heavy atom. The van der Waals surface area contributed by atoms with Crippen molar-refractivity contribution in [1.82, 2.24) is 20.1 Å². The molecule has 5 rings (SSSR count). The third-order valence-corrected chi connectivity index (χ3v) is 7.48. The van der Waals surface area contributed by atoms with Gasteiger partial charge < -0.3 is 24.5 Å². The summed E-state index contributed by atoms with van der Waals surface area (Å²) in [7, 11) is 0. The van der Waals surface area contributed by atoms with Crippen LogP contribution in [0.2, 0.25) is 0 Å². The number of carbonyl (C=O) groups is 1. The molecule has 0 radical (unpaired) electrons. The van der Waals surface area contributed by atoms with E-state index in [-0.39, 0.29) is 24.8 Å². The van der Waals surface area contributed by atoms with Crippen LogP contribution in [-0.2, 0) is 6.18 Å². The molecule has 0 aliphatic carbocycles. The van der Waals surface area contributed by atoms with Crippen molar-refractivity contribution < 1.29 is 27.8 Å². The summed E-state index contributed by atoms with van der Waals surface area (Å²) in [5.74, 6) is 0.724. The quantitative estimate of drug-likeness (QED) is 0.429. The van der Waals surface area contributed by atoms with Gasteiger partial charge in [0.1, 0.15) is 29.8 Å². The first kappa shape index (κ1) is 28.9. The average molecular weight is 584 g/mol. The van der Waals surface area contributed by atoms with Gasteiger partial charge in [0.2, 0.25) is 0 Å². The normalized spacial score (nSPS) is 19.1. The molecule has 11 nitrogen and oxygen atoms in total. The zero-order valence-corrected chi connectivity index (χ0v) is 22.4. The first-order valence-electron chi connectivity index (χ1n) is 13.4. The minimum Gasteiger partial charge on any atom is -0.491 e. The van der Waals surface area contributed by atoms with E-state index in [1.54, 1.807) is 41.3 Å². The molecule has 2 fully saturated rings. The number of carbonyl (C=O) groups excluding carboxylic acids is 1. The number of piperazine rings is 1. The standard InChI is InChI=1S/C28H28F3N7O4/c29-28(30,31)25-23(14-34-35-26(25)40)37-8-2-4-20(37)17-42-22-5-1-3-19(11-22)27(41)38-10-9-36(15-21(38)16-39)24-7-6-18(12-32)13-33-24/h1,3,5-7,11,13-14,20-21,39H,2,4,8-10,15-17H2,(H,35,40). The number of anilines is 2. The maximum Gasteiger partial charge on any atom is 0.423 e. The highest BCUT2D eigenvalue weighted by Gasteiger charge is 2.41. The summed E-state index contributed by atoms with van der Waals surface area (Å²) >= 11 is 0. The lowest BCUT2D eigenvalue weighted by molar-refractivity contribution is -0.138. The SMILES string of the molecule is N#Cc1ccc(N2CCN(C(=O)c3cccc(OCC4CCCN4c4cn[nH]c(=O)c4C(F)(F)F)c3)C(CO)C2)nc1. The van der Waals surface area contributed by atoms with Crippen molar-refractivity contribution in [3.63, 3.8) is 0 Å². The van der Waals surface area contributed by atoms with Crippen LogP contribution in [-0.4, -0.2) is 82.6 Å². The molecule has 42 heavy (non-hydrogen) atoms. The van der Waals surface area contributed by atoms with E-state index in [9.17, 15) is 27.9 Å². The fraction of sp³-hybridized carbons (Fsp3) is 0.393. The van der Waals surface area contributed by atoms with E-state index in [2.05, 4.69) is 10.1 Å². The minimum absolute atomic E-state index is 0.0390. The highest BCUT2D eigenvalue weighted by atomic mass is 19.4. The number of aromatic nitrogens is 3. The Labute approximate surface area is 238 Å². The summed E-state index contributed by atoms with van der Waals surface area (Å²) in [5.41, 5.74) is -2.09. The molecule has 2 atom stereocenters. The molecule has 2 aromatic heterocycles. The van der Waals surface area contributed by atoms with E-state index in [4.69, 9.17) is 10.00 Å². The topological polar surface area (TPSA) is 139 Å². The van der Waals surface area contributed by atoms with Crippen molar-refractivity contribution in [2.24, 2.45) is 0 Å². The Kier molecular flexibility index (Phi) is 8.30. The van der Waals surface area contributed by atoms with Gasteiger partial charge in [0.15, 0.2) is 0 Å². The Morgan fingerprint density at radius 1 is 1.17 bits per heavy atom. The number of hydrogen-bond acceptors (Lipinski definition) is 9. The second-order valence-corrected chi connectivity index (χ2v) is 10.1. The van der Waals surface area contributed by atoms with Crippen LogP contribution < -0.4 is 20.1 Å². The molecule has 2 unspecified atom stereocenters. The van der Waals surface area contributed by atoms with Crippen LogP contribution in [0.1, 0.15) is 34.3 Å². The maximum absolute atomic E-state index is 13.6. The van der Waals surface area contributed by atoms with Crippen LogP contribution >= 0.6 is 0 Å². The smallest absolute Gasteiger partial charge is 0.423 e. The van der Waals surface area contributed by atoms with Crippen LogP contribution in [0.4, 0.5) is 24.7 Å². The van der Waals surface area contributed by atoms with Crippen molar-refractivity contribution in [3.05, 3.63) is 75.8 Å². The molecule has 1 amide bonds. The van der Waals surface area contributed by atoms with Gasteiger partial charge in [-0.1, -0.05) is 6.07 Å². The molecule has 2 aliphatic heterocycles. The number of nitrogens with zero attached hydrogens (tertiary/aromatic N) is 6. The van der Waals surface area contributed by atoms with Gasteiger partial charge in [-0.2, -0.15) is 23.5 Å². The molecule has 3 aromatic rings. The molecule has 0 bridgehead atoms. The fourth-order valence-corrected chi connectivity index (χ4v) is 5.41. The third kappa shape index (κ3) is 6.01. The number of halogens is 3. The van der Waals surface area contributed by atoms with Gasteiger partial charge in [-0.05, 0) is 43.2 Å². The van der Waals surface area contributed by atoms with E-state index >= 15 is 0 Å². The average Bonchev–Trinajstić information content (AvgIpc) is 3.47. The number of aromatic amines is 1. The molecule has 2 N–H and O–H groups in total. The number of pyridine rings is 1. The zero-order valence-electron chi connectivity index (χ0n) is 22.4. The molecular weight excluding hydrogens is 555 g/mol. The number of ether oxygens (including phenoxy) is 1. The number of benzene rings is 1. The molecule has 4 heterocycles. The number of nitriles is 1. The van der Waals surface area contributed by atoms with Crippen LogP contribution in [0.3, 0.4) is 0 Å². The largest absolute Gasteiger partial charge is 0.491 e. The van der Waals surface area contributed by atoms with E-state index in [1.165, 1.54) is 11.1 Å². The number of rotatable bonds is 7. The fourth-order valence-electron chi connectivity index (χ4n) is 5.41. The summed E-state index contributed by atoms with van der Waals surface area (Å²) in [4.78, 5) is 34.7. The van der Waals surface area contributed by atoms with Gasteiger partial charge >= 0.3 is 6.18 Å². The number of alkyl halides is 3. The van der Waals surface area contributed by atoms with Gasteiger partial charge in [-0.25, -0.2) is 10.1 Å². The minimum atomic E-state index is -4.84. The lowest BCUT2D eigenvalue weighted by Crippen LogP contribution is -2.57. The first-order valence-corrected chi connectivity index (χ1v) is 13.4. The van der Waals surface area contributed by atoms with E-state index in [0.29, 0.717) is 61.7 Å². The Balaban J connectivity index is 1.25. The number of amides is 1. The lowest BCUT2D eigenvalue weighted by atomic mass is 10.1. The molecule has 1 aromatic carbocycles. The van der Waals surface area contributed by atoms with Crippen molar-refractivity contribution in [2.75, 3.05) is 49.2 Å². The van der Waals surface area contributed by atoms with E-state index in [0.717, 1.165) is 6.20 Å². The second-order valence-electron chi connectivity index (χ2n) is 10.1. The van der Waals surface area contributed by atoms with Crippen molar-refractivity contribution in [3.8, 4) is 11.8 Å². The molecule has 2 saturated heterocycles. The molecule has 0 spiro atoms.